The molecule has 0 N–H and O–H groups in total. The van der Waals surface area contributed by atoms with Crippen LogP contribution in [0, 0.1) is 0 Å². The number of para-hydroxylation sites is 1. The molecule has 0 radical (unpaired) electrons. The third kappa shape index (κ3) is 4.13. The molecule has 0 aliphatic carbocycles. The van der Waals surface area contributed by atoms with E-state index in [4.69, 9.17) is 0 Å². The summed E-state index contributed by atoms with van der Waals surface area (Å²) in [6, 6.07) is 12.4. The molecule has 126 valence electrons. The Labute approximate surface area is 144 Å². The molecule has 1 fully saturated rings. The predicted octanol–water partition coefficient (Wildman–Crippen LogP) is 3.27. The van der Waals surface area contributed by atoms with E-state index in [1.54, 1.807) is 12.4 Å². The van der Waals surface area contributed by atoms with Gasteiger partial charge in [0, 0.05) is 51.2 Å². The number of benzene rings is 1. The third-order valence-corrected chi connectivity index (χ3v) is 4.65. The fourth-order valence-corrected chi connectivity index (χ4v) is 3.25. The van der Waals surface area contributed by atoms with Gasteiger partial charge in [-0.1, -0.05) is 18.2 Å². The van der Waals surface area contributed by atoms with Crippen LogP contribution in [-0.2, 0) is 17.8 Å². The Balaban J connectivity index is 1.60. The van der Waals surface area contributed by atoms with Gasteiger partial charge in [0.2, 0.25) is 5.91 Å². The van der Waals surface area contributed by atoms with Crippen molar-refractivity contribution in [3.63, 3.8) is 0 Å². The zero-order valence-electron chi connectivity index (χ0n) is 14.3. The van der Waals surface area contributed by atoms with Gasteiger partial charge in [0.15, 0.2) is 0 Å². The fraction of sp³-hybridized carbons (Fsp3) is 0.400. The van der Waals surface area contributed by atoms with Gasteiger partial charge in [-0.2, -0.15) is 0 Å². The first kappa shape index (κ1) is 16.5. The Morgan fingerprint density at radius 2 is 1.83 bits per heavy atom. The molecule has 2 heterocycles. The summed E-state index contributed by atoms with van der Waals surface area (Å²) in [6.07, 6.45) is 7.36. The molecule has 0 spiro atoms. The van der Waals surface area contributed by atoms with E-state index in [2.05, 4.69) is 34.1 Å². The maximum atomic E-state index is 12.4. The zero-order valence-corrected chi connectivity index (χ0v) is 14.3. The van der Waals surface area contributed by atoms with Crippen molar-refractivity contribution in [3.8, 4) is 0 Å². The Morgan fingerprint density at radius 1 is 1.12 bits per heavy atom. The first-order valence-corrected chi connectivity index (χ1v) is 8.70. The number of pyridine rings is 1. The van der Waals surface area contributed by atoms with E-state index in [0.717, 1.165) is 25.1 Å². The molecule has 1 saturated heterocycles. The minimum Gasteiger partial charge on any atom is -0.371 e. The van der Waals surface area contributed by atoms with Crippen molar-refractivity contribution < 1.29 is 4.79 Å². The van der Waals surface area contributed by atoms with Crippen LogP contribution in [0.3, 0.4) is 0 Å². The van der Waals surface area contributed by atoms with Crippen LogP contribution < -0.4 is 4.90 Å². The lowest BCUT2D eigenvalue weighted by molar-refractivity contribution is -0.130. The second kappa shape index (κ2) is 7.95. The average Bonchev–Trinajstić information content (AvgIpc) is 3.15. The van der Waals surface area contributed by atoms with Crippen molar-refractivity contribution in [2.75, 3.05) is 25.0 Å². The van der Waals surface area contributed by atoms with E-state index in [1.165, 1.54) is 24.1 Å². The average molecular weight is 323 g/mol. The van der Waals surface area contributed by atoms with E-state index < -0.39 is 0 Å². The summed E-state index contributed by atoms with van der Waals surface area (Å²) in [5, 5.41) is 0. The summed E-state index contributed by atoms with van der Waals surface area (Å²) >= 11 is 0. The molecule has 4 heteroatoms. The highest BCUT2D eigenvalue weighted by Gasteiger charge is 2.17. The number of aromatic nitrogens is 1. The number of amides is 1. The van der Waals surface area contributed by atoms with Crippen LogP contribution in [0.2, 0.25) is 0 Å². The normalized spacial score (nSPS) is 14.0. The van der Waals surface area contributed by atoms with Gasteiger partial charge >= 0.3 is 0 Å². The van der Waals surface area contributed by atoms with Crippen molar-refractivity contribution in [2.45, 2.75) is 32.2 Å². The Bertz CT molecular complexity index is 666. The second-order valence-electron chi connectivity index (χ2n) is 6.43. The van der Waals surface area contributed by atoms with Crippen molar-refractivity contribution in [2.24, 2.45) is 0 Å². The summed E-state index contributed by atoms with van der Waals surface area (Å²) in [4.78, 5) is 20.7. The van der Waals surface area contributed by atoms with Gasteiger partial charge < -0.3 is 9.80 Å². The number of hydrogen-bond acceptors (Lipinski definition) is 3. The minimum atomic E-state index is 0.183. The molecule has 1 aliphatic heterocycles. The van der Waals surface area contributed by atoms with Crippen molar-refractivity contribution in [1.29, 1.82) is 0 Å². The van der Waals surface area contributed by atoms with Gasteiger partial charge in [0.05, 0.1) is 0 Å². The largest absolute Gasteiger partial charge is 0.371 e. The fourth-order valence-electron chi connectivity index (χ4n) is 3.25. The summed E-state index contributed by atoms with van der Waals surface area (Å²) < 4.78 is 0. The van der Waals surface area contributed by atoms with Gasteiger partial charge in [-0.25, -0.2) is 0 Å². The Kier molecular flexibility index (Phi) is 5.47. The number of nitrogens with zero attached hydrogens (tertiary/aromatic N) is 3. The quantitative estimate of drug-likeness (QED) is 0.818. The number of carbonyl (C=O) groups excluding carboxylic acids is 1. The molecule has 0 unspecified atom stereocenters. The van der Waals surface area contributed by atoms with Crippen LogP contribution in [0.1, 0.15) is 30.4 Å². The molecular weight excluding hydrogens is 298 g/mol. The lowest BCUT2D eigenvalue weighted by Crippen LogP contribution is -2.28. The lowest BCUT2D eigenvalue weighted by Gasteiger charge is -2.24. The van der Waals surface area contributed by atoms with Crippen LogP contribution in [0.25, 0.3) is 0 Å². The topological polar surface area (TPSA) is 36.4 Å². The molecule has 1 aromatic heterocycles. The molecule has 4 nitrogen and oxygen atoms in total. The summed E-state index contributed by atoms with van der Waals surface area (Å²) in [6.45, 7) is 2.91. The van der Waals surface area contributed by atoms with Crippen molar-refractivity contribution in [3.05, 3.63) is 59.9 Å². The molecular formula is C20H25N3O. The standard InChI is InChI=1S/C20H25N3O/c1-22(20(24)9-8-17-10-12-21-13-11-17)16-18-6-2-3-7-19(18)23-14-4-5-15-23/h2-3,6-7,10-13H,4-5,8-9,14-16H2,1H3. The second-order valence-corrected chi connectivity index (χ2v) is 6.43. The van der Waals surface area contributed by atoms with E-state index in [-0.39, 0.29) is 5.91 Å². The summed E-state index contributed by atoms with van der Waals surface area (Å²) in [7, 11) is 1.90. The molecule has 0 saturated carbocycles. The van der Waals surface area contributed by atoms with Gasteiger partial charge in [0.25, 0.3) is 0 Å². The molecule has 24 heavy (non-hydrogen) atoms. The smallest absolute Gasteiger partial charge is 0.222 e. The van der Waals surface area contributed by atoms with Gasteiger partial charge in [0.1, 0.15) is 0 Å². The SMILES string of the molecule is CN(Cc1ccccc1N1CCCC1)C(=O)CCc1ccncc1. The molecule has 0 bridgehead atoms. The highest BCUT2D eigenvalue weighted by Crippen LogP contribution is 2.25. The number of rotatable bonds is 6. The van der Waals surface area contributed by atoms with Crippen LogP contribution >= 0.6 is 0 Å². The maximum Gasteiger partial charge on any atom is 0.222 e. The monoisotopic (exact) mass is 323 g/mol. The molecule has 3 rings (SSSR count). The molecule has 1 aliphatic rings. The Hall–Kier alpha value is -2.36. The maximum absolute atomic E-state index is 12.4. The van der Waals surface area contributed by atoms with E-state index >= 15 is 0 Å². The number of carbonyl (C=O) groups is 1. The number of anilines is 1. The molecule has 1 aromatic carbocycles. The van der Waals surface area contributed by atoms with Gasteiger partial charge in [-0.05, 0) is 48.6 Å². The zero-order chi connectivity index (χ0) is 16.8. The number of aryl methyl sites for hydroxylation is 1. The molecule has 1 amide bonds. The Morgan fingerprint density at radius 3 is 2.58 bits per heavy atom. The van der Waals surface area contributed by atoms with Crippen LogP contribution in [0.15, 0.2) is 48.8 Å². The first-order valence-electron chi connectivity index (χ1n) is 8.70. The number of hydrogen-bond donors (Lipinski definition) is 0. The predicted molar refractivity (Wildman–Crippen MR) is 96.9 cm³/mol. The van der Waals surface area contributed by atoms with E-state index in [1.807, 2.05) is 24.1 Å². The summed E-state index contributed by atoms with van der Waals surface area (Å²) in [5.41, 5.74) is 3.67. The molecule has 2 aromatic rings. The van der Waals surface area contributed by atoms with Crippen LogP contribution in [0.5, 0.6) is 0 Å². The highest BCUT2D eigenvalue weighted by molar-refractivity contribution is 5.76. The van der Waals surface area contributed by atoms with Gasteiger partial charge in [-0.3, -0.25) is 9.78 Å². The van der Waals surface area contributed by atoms with Crippen molar-refractivity contribution >= 4 is 11.6 Å². The third-order valence-electron chi connectivity index (χ3n) is 4.65. The van der Waals surface area contributed by atoms with Crippen LogP contribution in [-0.4, -0.2) is 35.9 Å². The molecule has 0 atom stereocenters. The first-order chi connectivity index (χ1) is 11.7. The van der Waals surface area contributed by atoms with E-state index in [0.29, 0.717) is 13.0 Å². The van der Waals surface area contributed by atoms with Gasteiger partial charge in [-0.15, -0.1) is 0 Å². The summed E-state index contributed by atoms with van der Waals surface area (Å²) in [5.74, 6) is 0.183. The van der Waals surface area contributed by atoms with Crippen LogP contribution in [0.4, 0.5) is 5.69 Å². The van der Waals surface area contributed by atoms with Crippen molar-refractivity contribution in [1.82, 2.24) is 9.88 Å². The van der Waals surface area contributed by atoms with E-state index in [9.17, 15) is 4.79 Å². The minimum absolute atomic E-state index is 0.183. The highest BCUT2D eigenvalue weighted by atomic mass is 16.2. The lowest BCUT2D eigenvalue weighted by atomic mass is 10.1.